The van der Waals surface area contributed by atoms with Crippen LogP contribution < -0.4 is 4.74 Å². The quantitative estimate of drug-likeness (QED) is 0.526. The van der Waals surface area contributed by atoms with Gasteiger partial charge in [0.05, 0.1) is 12.7 Å². The van der Waals surface area contributed by atoms with Gasteiger partial charge in [0.2, 0.25) is 0 Å². The average Bonchev–Trinajstić information content (AvgIpc) is 2.45. The number of hydrogen-bond donors (Lipinski definition) is 0. The predicted octanol–water partition coefficient (Wildman–Crippen LogP) is 4.23. The summed E-state index contributed by atoms with van der Waals surface area (Å²) in [5.41, 5.74) is 0.583. The molecule has 1 aromatic rings. The number of rotatable bonds is 8. The molecule has 0 amide bonds. The van der Waals surface area contributed by atoms with Crippen molar-refractivity contribution in [3.63, 3.8) is 0 Å². The van der Waals surface area contributed by atoms with Crippen molar-refractivity contribution in [2.45, 2.75) is 40.0 Å². The molecule has 0 aliphatic carbocycles. The minimum absolute atomic E-state index is 0.0960. The highest BCUT2D eigenvalue weighted by molar-refractivity contribution is 5.99. The maximum atomic E-state index is 12.2. The number of unbranched alkanes of at least 4 members (excludes halogenated alkanes) is 1. The van der Waals surface area contributed by atoms with Crippen LogP contribution in [0, 0.1) is 23.2 Å². The third kappa shape index (κ3) is 5.05. The second-order valence-corrected chi connectivity index (χ2v) is 5.40. The summed E-state index contributed by atoms with van der Waals surface area (Å²) in [7, 11) is 0. The van der Waals surface area contributed by atoms with Crippen LogP contribution in [0.1, 0.15) is 50.4 Å². The zero-order valence-electron chi connectivity index (χ0n) is 12.6. The van der Waals surface area contributed by atoms with E-state index in [-0.39, 0.29) is 5.78 Å². The number of hydrogen-bond acceptors (Lipinski definition) is 3. The molecule has 0 spiro atoms. The SMILES string of the molecule is CCCCOc1ccc(C(=O)C(C#N)CC(C)C)cc1. The first-order valence-corrected chi connectivity index (χ1v) is 7.25. The number of nitrogens with zero attached hydrogens (tertiary/aromatic N) is 1. The highest BCUT2D eigenvalue weighted by Crippen LogP contribution is 2.19. The molecule has 0 radical (unpaired) electrons. The van der Waals surface area contributed by atoms with Gasteiger partial charge in [0, 0.05) is 5.56 Å². The molecule has 0 bridgehead atoms. The van der Waals surface area contributed by atoms with Gasteiger partial charge in [0.1, 0.15) is 11.7 Å². The number of ether oxygens (including phenoxy) is 1. The summed E-state index contributed by atoms with van der Waals surface area (Å²) in [4.78, 5) is 12.2. The Bertz CT molecular complexity index is 457. The van der Waals surface area contributed by atoms with Crippen molar-refractivity contribution < 1.29 is 9.53 Å². The molecule has 0 heterocycles. The van der Waals surface area contributed by atoms with Crippen molar-refractivity contribution in [1.82, 2.24) is 0 Å². The second kappa shape index (κ2) is 8.37. The van der Waals surface area contributed by atoms with Crippen LogP contribution >= 0.6 is 0 Å². The van der Waals surface area contributed by atoms with E-state index < -0.39 is 5.92 Å². The normalized spacial score (nSPS) is 11.9. The minimum atomic E-state index is -0.554. The van der Waals surface area contributed by atoms with E-state index in [4.69, 9.17) is 10.00 Å². The van der Waals surface area contributed by atoms with Gasteiger partial charge in [-0.15, -0.1) is 0 Å². The molecule has 1 unspecified atom stereocenters. The first kappa shape index (κ1) is 16.2. The predicted molar refractivity (Wildman–Crippen MR) is 79.7 cm³/mol. The Labute approximate surface area is 121 Å². The van der Waals surface area contributed by atoms with Gasteiger partial charge in [0.15, 0.2) is 5.78 Å². The fraction of sp³-hybridized carbons (Fsp3) is 0.529. The molecule has 3 nitrogen and oxygen atoms in total. The van der Waals surface area contributed by atoms with Crippen LogP contribution in [-0.2, 0) is 0 Å². The monoisotopic (exact) mass is 273 g/mol. The van der Waals surface area contributed by atoms with Crippen LogP contribution in [0.5, 0.6) is 5.75 Å². The lowest BCUT2D eigenvalue weighted by molar-refractivity contribution is 0.0937. The molecule has 1 atom stereocenters. The molecular formula is C17H23NO2. The van der Waals surface area contributed by atoms with E-state index in [0.717, 1.165) is 18.6 Å². The highest BCUT2D eigenvalue weighted by atomic mass is 16.5. The molecule has 0 aromatic heterocycles. The Hall–Kier alpha value is -1.82. The number of benzene rings is 1. The molecule has 0 saturated heterocycles. The number of Topliss-reactive ketones (excluding diaryl/α,β-unsaturated/α-hetero) is 1. The van der Waals surface area contributed by atoms with Gasteiger partial charge in [-0.3, -0.25) is 4.79 Å². The van der Waals surface area contributed by atoms with Gasteiger partial charge in [-0.1, -0.05) is 27.2 Å². The lowest BCUT2D eigenvalue weighted by Gasteiger charge is -2.11. The zero-order valence-corrected chi connectivity index (χ0v) is 12.6. The summed E-state index contributed by atoms with van der Waals surface area (Å²) in [5, 5.41) is 9.11. The van der Waals surface area contributed by atoms with E-state index >= 15 is 0 Å². The molecule has 0 saturated carbocycles. The van der Waals surface area contributed by atoms with Gasteiger partial charge < -0.3 is 4.74 Å². The Balaban J connectivity index is 2.67. The maximum absolute atomic E-state index is 12.2. The van der Waals surface area contributed by atoms with Gasteiger partial charge in [0.25, 0.3) is 0 Å². The van der Waals surface area contributed by atoms with E-state index in [1.165, 1.54) is 0 Å². The van der Waals surface area contributed by atoms with E-state index in [0.29, 0.717) is 24.5 Å². The van der Waals surface area contributed by atoms with Crippen LogP contribution in [0.15, 0.2) is 24.3 Å². The van der Waals surface area contributed by atoms with Gasteiger partial charge >= 0.3 is 0 Å². The molecule has 108 valence electrons. The van der Waals surface area contributed by atoms with E-state index in [1.807, 2.05) is 13.8 Å². The van der Waals surface area contributed by atoms with Crippen molar-refractivity contribution in [2.75, 3.05) is 6.61 Å². The van der Waals surface area contributed by atoms with Gasteiger partial charge in [-0.05, 0) is 43.0 Å². The summed E-state index contributed by atoms with van der Waals surface area (Å²) in [5.74, 6) is 0.454. The Morgan fingerprint density at radius 1 is 1.30 bits per heavy atom. The highest BCUT2D eigenvalue weighted by Gasteiger charge is 2.20. The van der Waals surface area contributed by atoms with E-state index in [1.54, 1.807) is 24.3 Å². The van der Waals surface area contributed by atoms with Crippen molar-refractivity contribution in [2.24, 2.45) is 11.8 Å². The molecule has 0 aliphatic heterocycles. The second-order valence-electron chi connectivity index (χ2n) is 5.40. The molecular weight excluding hydrogens is 250 g/mol. The first-order valence-electron chi connectivity index (χ1n) is 7.25. The molecule has 1 aromatic carbocycles. The van der Waals surface area contributed by atoms with Crippen LogP contribution in [0.3, 0.4) is 0 Å². The minimum Gasteiger partial charge on any atom is -0.494 e. The maximum Gasteiger partial charge on any atom is 0.179 e. The van der Waals surface area contributed by atoms with Crippen molar-refractivity contribution in [3.8, 4) is 11.8 Å². The lowest BCUT2D eigenvalue weighted by Crippen LogP contribution is -2.15. The van der Waals surface area contributed by atoms with Crippen molar-refractivity contribution in [3.05, 3.63) is 29.8 Å². The molecule has 1 rings (SSSR count). The Morgan fingerprint density at radius 3 is 2.45 bits per heavy atom. The molecule has 20 heavy (non-hydrogen) atoms. The summed E-state index contributed by atoms with van der Waals surface area (Å²) >= 11 is 0. The van der Waals surface area contributed by atoms with Gasteiger partial charge in [-0.2, -0.15) is 5.26 Å². The zero-order chi connectivity index (χ0) is 15.0. The standard InChI is InChI=1S/C17H23NO2/c1-4-5-10-20-16-8-6-14(7-9-16)17(19)15(12-18)11-13(2)3/h6-9,13,15H,4-5,10-11H2,1-3H3. The summed E-state index contributed by atoms with van der Waals surface area (Å²) < 4.78 is 5.56. The fourth-order valence-electron chi connectivity index (χ4n) is 1.94. The average molecular weight is 273 g/mol. The number of nitriles is 1. The lowest BCUT2D eigenvalue weighted by atomic mass is 9.91. The number of ketones is 1. The first-order chi connectivity index (χ1) is 9.58. The fourth-order valence-corrected chi connectivity index (χ4v) is 1.94. The third-order valence-corrected chi connectivity index (χ3v) is 3.08. The Morgan fingerprint density at radius 2 is 1.95 bits per heavy atom. The van der Waals surface area contributed by atoms with Gasteiger partial charge in [-0.25, -0.2) is 0 Å². The molecule has 0 fully saturated rings. The van der Waals surface area contributed by atoms with Crippen LogP contribution in [0.4, 0.5) is 0 Å². The third-order valence-electron chi connectivity index (χ3n) is 3.08. The van der Waals surface area contributed by atoms with Crippen molar-refractivity contribution >= 4 is 5.78 Å². The topological polar surface area (TPSA) is 50.1 Å². The molecule has 0 aliphatic rings. The van der Waals surface area contributed by atoms with Crippen LogP contribution in [0.2, 0.25) is 0 Å². The van der Waals surface area contributed by atoms with E-state index in [9.17, 15) is 4.79 Å². The van der Waals surface area contributed by atoms with Crippen LogP contribution in [-0.4, -0.2) is 12.4 Å². The largest absolute Gasteiger partial charge is 0.494 e. The smallest absolute Gasteiger partial charge is 0.179 e. The Kier molecular flexibility index (Phi) is 6.79. The number of carbonyl (C=O) groups is 1. The summed E-state index contributed by atoms with van der Waals surface area (Å²) in [6.45, 7) is 6.84. The summed E-state index contributed by atoms with van der Waals surface area (Å²) in [6, 6.07) is 9.19. The molecule has 3 heteroatoms. The molecule has 0 N–H and O–H groups in total. The van der Waals surface area contributed by atoms with Crippen LogP contribution in [0.25, 0.3) is 0 Å². The number of carbonyl (C=O) groups excluding carboxylic acids is 1. The summed E-state index contributed by atoms with van der Waals surface area (Å²) in [6.07, 6.45) is 2.71. The van der Waals surface area contributed by atoms with Crippen molar-refractivity contribution in [1.29, 1.82) is 5.26 Å². The van der Waals surface area contributed by atoms with E-state index in [2.05, 4.69) is 13.0 Å².